The van der Waals surface area contributed by atoms with Crippen LogP contribution in [-0.2, 0) is 0 Å². The van der Waals surface area contributed by atoms with E-state index < -0.39 is 0 Å². The van der Waals surface area contributed by atoms with E-state index in [0.717, 1.165) is 31.7 Å². The van der Waals surface area contributed by atoms with Gasteiger partial charge in [0.25, 0.3) is 0 Å². The minimum atomic E-state index is -0.350. The van der Waals surface area contributed by atoms with Crippen molar-refractivity contribution in [2.45, 2.75) is 20.0 Å². The lowest BCUT2D eigenvalue weighted by atomic mass is 9.97. The van der Waals surface area contributed by atoms with Crippen molar-refractivity contribution < 1.29 is 9.59 Å². The van der Waals surface area contributed by atoms with Gasteiger partial charge in [0.1, 0.15) is 0 Å². The number of likely N-dealkylation sites (N-methyl/N-ethyl adjacent to an activating group) is 1. The summed E-state index contributed by atoms with van der Waals surface area (Å²) >= 11 is 0. The van der Waals surface area contributed by atoms with Crippen molar-refractivity contribution in [3.8, 4) is 0 Å². The SMILES string of the molecule is CC(=O)c1ccc(C(C)=O)c(C(N)N2CCN(C)CC2)c1. The van der Waals surface area contributed by atoms with Gasteiger partial charge in [-0.15, -0.1) is 0 Å². The lowest BCUT2D eigenvalue weighted by Gasteiger charge is -2.36. The monoisotopic (exact) mass is 289 g/mol. The fourth-order valence-corrected chi connectivity index (χ4v) is 2.64. The number of nitrogens with two attached hydrogens (primary N) is 1. The van der Waals surface area contributed by atoms with E-state index in [2.05, 4.69) is 16.8 Å². The summed E-state index contributed by atoms with van der Waals surface area (Å²) in [5.74, 6) is -0.0402. The molecular weight excluding hydrogens is 266 g/mol. The minimum Gasteiger partial charge on any atom is -0.312 e. The molecule has 5 heteroatoms. The van der Waals surface area contributed by atoms with Crippen LogP contribution in [0.15, 0.2) is 18.2 Å². The summed E-state index contributed by atoms with van der Waals surface area (Å²) in [5.41, 5.74) is 8.32. The molecule has 1 aromatic rings. The molecule has 1 heterocycles. The third-order valence-corrected chi connectivity index (χ3v) is 4.09. The predicted molar refractivity (Wildman–Crippen MR) is 82.4 cm³/mol. The number of nitrogens with zero attached hydrogens (tertiary/aromatic N) is 2. The summed E-state index contributed by atoms with van der Waals surface area (Å²) in [6.07, 6.45) is -0.350. The summed E-state index contributed by atoms with van der Waals surface area (Å²) in [6.45, 7) is 6.68. The Labute approximate surface area is 125 Å². The summed E-state index contributed by atoms with van der Waals surface area (Å²) in [5, 5.41) is 0. The molecular formula is C16H23N3O2. The first kappa shape index (κ1) is 15.8. The molecule has 0 aliphatic carbocycles. The molecule has 1 unspecified atom stereocenters. The predicted octanol–water partition coefficient (Wildman–Crippen LogP) is 1.30. The Balaban J connectivity index is 2.33. The fourth-order valence-electron chi connectivity index (χ4n) is 2.64. The molecule has 21 heavy (non-hydrogen) atoms. The molecule has 0 saturated carbocycles. The maximum Gasteiger partial charge on any atom is 0.160 e. The van der Waals surface area contributed by atoms with Gasteiger partial charge < -0.3 is 10.6 Å². The largest absolute Gasteiger partial charge is 0.312 e. The first-order valence-corrected chi connectivity index (χ1v) is 7.24. The molecule has 2 N–H and O–H groups in total. The molecule has 1 aliphatic heterocycles. The molecule has 0 radical (unpaired) electrons. The van der Waals surface area contributed by atoms with Crippen molar-refractivity contribution in [2.75, 3.05) is 33.2 Å². The number of carbonyl (C=O) groups is 2. The van der Waals surface area contributed by atoms with E-state index >= 15 is 0 Å². The molecule has 1 aromatic carbocycles. The van der Waals surface area contributed by atoms with Crippen LogP contribution in [0.25, 0.3) is 0 Å². The van der Waals surface area contributed by atoms with E-state index in [9.17, 15) is 9.59 Å². The fraction of sp³-hybridized carbons (Fsp3) is 0.500. The number of benzene rings is 1. The van der Waals surface area contributed by atoms with Gasteiger partial charge in [0.05, 0.1) is 6.17 Å². The third-order valence-electron chi connectivity index (χ3n) is 4.09. The molecule has 114 valence electrons. The Morgan fingerprint density at radius 2 is 1.71 bits per heavy atom. The first-order chi connectivity index (χ1) is 9.90. The molecule has 1 aliphatic rings. The van der Waals surface area contributed by atoms with E-state index in [1.807, 2.05) is 0 Å². The number of carbonyl (C=O) groups excluding carboxylic acids is 2. The average molecular weight is 289 g/mol. The van der Waals surface area contributed by atoms with Gasteiger partial charge in [0, 0.05) is 37.3 Å². The highest BCUT2D eigenvalue weighted by atomic mass is 16.1. The molecule has 1 atom stereocenters. The van der Waals surface area contributed by atoms with Crippen molar-refractivity contribution in [1.82, 2.24) is 9.80 Å². The lowest BCUT2D eigenvalue weighted by Crippen LogP contribution is -2.48. The summed E-state index contributed by atoms with van der Waals surface area (Å²) < 4.78 is 0. The van der Waals surface area contributed by atoms with Crippen molar-refractivity contribution in [3.63, 3.8) is 0 Å². The molecule has 0 spiro atoms. The van der Waals surface area contributed by atoms with Gasteiger partial charge in [-0.2, -0.15) is 0 Å². The summed E-state index contributed by atoms with van der Waals surface area (Å²) in [6, 6.07) is 5.17. The Morgan fingerprint density at radius 1 is 1.10 bits per heavy atom. The Bertz CT molecular complexity index is 548. The molecule has 2 rings (SSSR count). The van der Waals surface area contributed by atoms with Crippen LogP contribution >= 0.6 is 0 Å². The number of ketones is 2. The van der Waals surface area contributed by atoms with Gasteiger partial charge in [-0.3, -0.25) is 14.5 Å². The number of hydrogen-bond donors (Lipinski definition) is 1. The Kier molecular flexibility index (Phi) is 4.88. The minimum absolute atomic E-state index is 0.0167. The highest BCUT2D eigenvalue weighted by molar-refractivity contribution is 5.99. The zero-order chi connectivity index (χ0) is 15.6. The smallest absolute Gasteiger partial charge is 0.160 e. The van der Waals surface area contributed by atoms with E-state index in [1.165, 1.54) is 13.8 Å². The maximum atomic E-state index is 11.8. The normalized spacial score (nSPS) is 18.5. The Hall–Kier alpha value is -1.56. The zero-order valence-corrected chi connectivity index (χ0v) is 12.9. The molecule has 0 aromatic heterocycles. The van der Waals surface area contributed by atoms with Crippen molar-refractivity contribution >= 4 is 11.6 Å². The van der Waals surface area contributed by atoms with E-state index in [0.29, 0.717) is 11.1 Å². The van der Waals surface area contributed by atoms with Crippen LogP contribution in [0.1, 0.15) is 46.3 Å². The molecule has 1 fully saturated rings. The summed E-state index contributed by atoms with van der Waals surface area (Å²) in [7, 11) is 2.08. The van der Waals surface area contributed by atoms with Gasteiger partial charge in [-0.05, 0) is 32.5 Å². The quantitative estimate of drug-likeness (QED) is 0.846. The van der Waals surface area contributed by atoms with Crippen LogP contribution in [-0.4, -0.2) is 54.6 Å². The van der Waals surface area contributed by atoms with Crippen molar-refractivity contribution in [1.29, 1.82) is 0 Å². The summed E-state index contributed by atoms with van der Waals surface area (Å²) in [4.78, 5) is 27.8. The highest BCUT2D eigenvalue weighted by Crippen LogP contribution is 2.23. The first-order valence-electron chi connectivity index (χ1n) is 7.24. The van der Waals surface area contributed by atoms with Gasteiger partial charge >= 0.3 is 0 Å². The number of piperazine rings is 1. The number of hydrogen-bond acceptors (Lipinski definition) is 5. The maximum absolute atomic E-state index is 11.8. The van der Waals surface area contributed by atoms with Crippen LogP contribution in [0, 0.1) is 0 Å². The topological polar surface area (TPSA) is 66.6 Å². The van der Waals surface area contributed by atoms with Crippen molar-refractivity contribution in [2.24, 2.45) is 5.73 Å². The van der Waals surface area contributed by atoms with Crippen LogP contribution in [0.5, 0.6) is 0 Å². The van der Waals surface area contributed by atoms with E-state index in [1.54, 1.807) is 18.2 Å². The van der Waals surface area contributed by atoms with Crippen LogP contribution < -0.4 is 5.73 Å². The van der Waals surface area contributed by atoms with Gasteiger partial charge in [-0.1, -0.05) is 12.1 Å². The van der Waals surface area contributed by atoms with Crippen LogP contribution in [0.2, 0.25) is 0 Å². The standard InChI is InChI=1S/C16H23N3O2/c1-11(20)13-4-5-14(12(2)21)15(10-13)16(17)19-8-6-18(3)7-9-19/h4-5,10,16H,6-9,17H2,1-3H3. The number of Topliss-reactive ketones (excluding diaryl/α,β-unsaturated/α-hetero) is 2. The van der Waals surface area contributed by atoms with E-state index in [-0.39, 0.29) is 17.7 Å². The second-order valence-corrected chi connectivity index (χ2v) is 5.70. The lowest BCUT2D eigenvalue weighted by molar-refractivity contribution is 0.0986. The van der Waals surface area contributed by atoms with Gasteiger partial charge in [0.2, 0.25) is 0 Å². The molecule has 5 nitrogen and oxygen atoms in total. The molecule has 0 amide bonds. The zero-order valence-electron chi connectivity index (χ0n) is 12.9. The van der Waals surface area contributed by atoms with Crippen molar-refractivity contribution in [3.05, 3.63) is 34.9 Å². The second-order valence-electron chi connectivity index (χ2n) is 5.70. The molecule has 0 bridgehead atoms. The van der Waals surface area contributed by atoms with Gasteiger partial charge in [-0.25, -0.2) is 0 Å². The van der Waals surface area contributed by atoms with Crippen LogP contribution in [0.3, 0.4) is 0 Å². The van der Waals surface area contributed by atoms with Gasteiger partial charge in [0.15, 0.2) is 11.6 Å². The second kappa shape index (κ2) is 6.47. The third kappa shape index (κ3) is 3.56. The highest BCUT2D eigenvalue weighted by Gasteiger charge is 2.24. The average Bonchev–Trinajstić information content (AvgIpc) is 2.46. The number of rotatable bonds is 4. The molecule has 1 saturated heterocycles. The van der Waals surface area contributed by atoms with E-state index in [4.69, 9.17) is 5.73 Å². The van der Waals surface area contributed by atoms with Crippen LogP contribution in [0.4, 0.5) is 0 Å². The Morgan fingerprint density at radius 3 is 2.24 bits per heavy atom.